The number of ether oxygens (including phenoxy) is 2. The summed E-state index contributed by atoms with van der Waals surface area (Å²) in [5, 5.41) is 3.42. The van der Waals surface area contributed by atoms with Crippen molar-refractivity contribution in [1.29, 1.82) is 0 Å². The molecule has 0 unspecified atom stereocenters. The van der Waals surface area contributed by atoms with Crippen molar-refractivity contribution < 1.29 is 9.47 Å². The van der Waals surface area contributed by atoms with Gasteiger partial charge in [-0.25, -0.2) is 0 Å². The second kappa shape index (κ2) is 6.04. The van der Waals surface area contributed by atoms with E-state index in [0.717, 1.165) is 5.75 Å². The molecule has 3 heteroatoms. The molecule has 1 aromatic heterocycles. The van der Waals surface area contributed by atoms with Crippen LogP contribution in [0.4, 0.5) is 0 Å². The molecule has 0 atom stereocenters. The summed E-state index contributed by atoms with van der Waals surface area (Å²) in [7, 11) is 1.69. The van der Waals surface area contributed by atoms with Crippen LogP contribution in [-0.2, 0) is 4.74 Å². The number of hydrogen-bond donors (Lipinski definition) is 0. The molecule has 0 saturated carbocycles. The van der Waals surface area contributed by atoms with Crippen molar-refractivity contribution in [1.82, 2.24) is 0 Å². The first kappa shape index (κ1) is 14.4. The molecule has 3 rings (SSSR count). The Morgan fingerprint density at radius 3 is 2.71 bits per heavy atom. The second-order valence-electron chi connectivity index (χ2n) is 5.51. The molecule has 0 N–H and O–H groups in total. The number of methoxy groups -OCH3 is 1. The lowest BCUT2D eigenvalue weighted by Gasteiger charge is -2.07. The first-order valence-corrected chi connectivity index (χ1v) is 8.14. The summed E-state index contributed by atoms with van der Waals surface area (Å²) in [5.74, 6) is 1.45. The highest BCUT2D eigenvalue weighted by Crippen LogP contribution is 2.43. The minimum absolute atomic E-state index is 0.500. The molecule has 21 heavy (non-hydrogen) atoms. The quantitative estimate of drug-likeness (QED) is 0.606. The van der Waals surface area contributed by atoms with Gasteiger partial charge in [0, 0.05) is 22.8 Å². The van der Waals surface area contributed by atoms with E-state index < -0.39 is 0 Å². The van der Waals surface area contributed by atoms with Crippen LogP contribution < -0.4 is 4.74 Å². The van der Waals surface area contributed by atoms with Crippen LogP contribution in [0.2, 0.25) is 0 Å². The third-order valence-corrected chi connectivity index (χ3v) is 4.61. The van der Waals surface area contributed by atoms with Gasteiger partial charge in [0.1, 0.15) is 12.4 Å². The average molecular weight is 300 g/mol. The van der Waals surface area contributed by atoms with E-state index in [1.54, 1.807) is 18.4 Å². The molecule has 0 bridgehead atoms. The largest absolute Gasteiger partial charge is 0.491 e. The maximum absolute atomic E-state index is 5.97. The molecule has 0 saturated heterocycles. The van der Waals surface area contributed by atoms with Crippen LogP contribution in [0.5, 0.6) is 5.75 Å². The molecule has 0 amide bonds. The monoisotopic (exact) mass is 300 g/mol. The smallest absolute Gasteiger partial charge is 0.127 e. The van der Waals surface area contributed by atoms with Gasteiger partial charge >= 0.3 is 0 Å². The summed E-state index contributed by atoms with van der Waals surface area (Å²) in [6.45, 7) is 5.61. The Hall–Kier alpha value is -1.58. The SMILES string of the molecule is COCCOc1ccc(C(C)C)cc2cc3sccc3c1-2. The van der Waals surface area contributed by atoms with Crippen LogP contribution in [0, 0.1) is 0 Å². The van der Waals surface area contributed by atoms with Gasteiger partial charge in [-0.1, -0.05) is 26.0 Å². The lowest BCUT2D eigenvalue weighted by Crippen LogP contribution is -2.04. The molecule has 0 aromatic carbocycles. The van der Waals surface area contributed by atoms with Gasteiger partial charge in [-0.3, -0.25) is 0 Å². The van der Waals surface area contributed by atoms with Gasteiger partial charge in [0.25, 0.3) is 0 Å². The summed E-state index contributed by atoms with van der Waals surface area (Å²) < 4.78 is 12.4. The average Bonchev–Trinajstić information content (AvgIpc) is 2.97. The maximum Gasteiger partial charge on any atom is 0.127 e. The highest BCUT2D eigenvalue weighted by atomic mass is 32.1. The van der Waals surface area contributed by atoms with Gasteiger partial charge < -0.3 is 9.47 Å². The number of hydrogen-bond acceptors (Lipinski definition) is 3. The first-order valence-electron chi connectivity index (χ1n) is 7.26. The van der Waals surface area contributed by atoms with Crippen molar-refractivity contribution in [3.05, 3.63) is 41.3 Å². The van der Waals surface area contributed by atoms with Gasteiger partial charge in [0.2, 0.25) is 0 Å². The summed E-state index contributed by atoms with van der Waals surface area (Å²) in [6.07, 6.45) is 0. The third-order valence-electron chi connectivity index (χ3n) is 3.75. The molecule has 0 radical (unpaired) electrons. The minimum atomic E-state index is 0.500. The Labute approximate surface area is 129 Å². The van der Waals surface area contributed by atoms with Crippen molar-refractivity contribution >= 4 is 21.4 Å². The Bertz CT molecular complexity index is 715. The van der Waals surface area contributed by atoms with E-state index in [-0.39, 0.29) is 0 Å². The van der Waals surface area contributed by atoms with Crippen molar-refractivity contribution in [2.24, 2.45) is 0 Å². The van der Waals surface area contributed by atoms with Crippen LogP contribution in [0.25, 0.3) is 21.2 Å². The topological polar surface area (TPSA) is 18.5 Å². The van der Waals surface area contributed by atoms with Gasteiger partial charge in [-0.15, -0.1) is 11.3 Å². The highest BCUT2D eigenvalue weighted by molar-refractivity contribution is 7.17. The van der Waals surface area contributed by atoms with E-state index in [2.05, 4.69) is 49.6 Å². The molecule has 2 aliphatic rings. The summed E-state index contributed by atoms with van der Waals surface area (Å²) >= 11 is 1.78. The molecule has 110 valence electrons. The van der Waals surface area contributed by atoms with Crippen LogP contribution in [0.15, 0.2) is 35.7 Å². The van der Waals surface area contributed by atoms with Crippen molar-refractivity contribution in [2.75, 3.05) is 20.3 Å². The lowest BCUT2D eigenvalue weighted by atomic mass is 10.0. The fourth-order valence-corrected chi connectivity index (χ4v) is 3.44. The molecule has 1 aromatic rings. The summed E-state index contributed by atoms with van der Waals surface area (Å²) in [5.41, 5.74) is 3.81. The van der Waals surface area contributed by atoms with Gasteiger partial charge in [-0.05, 0) is 40.6 Å². The van der Waals surface area contributed by atoms with E-state index >= 15 is 0 Å². The van der Waals surface area contributed by atoms with Crippen molar-refractivity contribution in [3.8, 4) is 16.9 Å². The Morgan fingerprint density at radius 1 is 1.10 bits per heavy atom. The Balaban J connectivity index is 2.14. The van der Waals surface area contributed by atoms with Crippen LogP contribution in [-0.4, -0.2) is 20.3 Å². The van der Waals surface area contributed by atoms with Gasteiger partial charge in [0.15, 0.2) is 0 Å². The number of thiophene rings is 1. The predicted octanol–water partition coefficient (Wildman–Crippen LogP) is 5.15. The molecule has 0 spiro atoms. The zero-order valence-electron chi connectivity index (χ0n) is 12.7. The number of rotatable bonds is 5. The van der Waals surface area contributed by atoms with E-state index in [1.807, 2.05) is 0 Å². The fourth-order valence-electron chi connectivity index (χ4n) is 2.59. The maximum atomic E-state index is 5.97. The second-order valence-corrected chi connectivity index (χ2v) is 6.46. The van der Waals surface area contributed by atoms with E-state index in [0.29, 0.717) is 19.1 Å². The van der Waals surface area contributed by atoms with E-state index in [9.17, 15) is 0 Å². The van der Waals surface area contributed by atoms with E-state index in [4.69, 9.17) is 9.47 Å². The van der Waals surface area contributed by atoms with Crippen LogP contribution >= 0.6 is 11.3 Å². The molecule has 1 heterocycles. The molecule has 2 nitrogen and oxygen atoms in total. The fraction of sp³-hybridized carbons (Fsp3) is 0.333. The van der Waals surface area contributed by atoms with E-state index in [1.165, 1.54) is 26.8 Å². The van der Waals surface area contributed by atoms with Crippen molar-refractivity contribution in [3.63, 3.8) is 0 Å². The van der Waals surface area contributed by atoms with Crippen LogP contribution in [0.3, 0.4) is 0 Å². The highest BCUT2D eigenvalue weighted by Gasteiger charge is 2.16. The molecular formula is C18H20O2S. The minimum Gasteiger partial charge on any atom is -0.491 e. The summed E-state index contributed by atoms with van der Waals surface area (Å²) in [4.78, 5) is 0. The standard InChI is InChI=1S/C18H20O2S/c1-12(2)13-4-5-16(20-8-7-19-3)18-14(10-13)11-17-15(18)6-9-21-17/h4-6,9-12H,7-8H2,1-3H3. The zero-order valence-corrected chi connectivity index (χ0v) is 13.5. The van der Waals surface area contributed by atoms with Gasteiger partial charge in [0.05, 0.1) is 6.61 Å². The Kier molecular flexibility index (Phi) is 4.13. The first-order chi connectivity index (χ1) is 10.2. The van der Waals surface area contributed by atoms with Crippen molar-refractivity contribution in [2.45, 2.75) is 19.8 Å². The lowest BCUT2D eigenvalue weighted by molar-refractivity contribution is 0.146. The van der Waals surface area contributed by atoms with Gasteiger partial charge in [-0.2, -0.15) is 0 Å². The predicted molar refractivity (Wildman–Crippen MR) is 89.9 cm³/mol. The molecule has 2 aliphatic carbocycles. The third kappa shape index (κ3) is 2.76. The summed E-state index contributed by atoms with van der Waals surface area (Å²) in [6, 6.07) is 11.0. The molecular weight excluding hydrogens is 280 g/mol. The zero-order chi connectivity index (χ0) is 14.8. The normalized spacial score (nSPS) is 11.6. The molecule has 0 fully saturated rings. The molecule has 0 aliphatic heterocycles. The Morgan fingerprint density at radius 2 is 1.95 bits per heavy atom. The number of fused-ring (bicyclic) bond motifs is 3. The van der Waals surface area contributed by atoms with Crippen LogP contribution in [0.1, 0.15) is 25.3 Å².